The number of hydrogen-bond donors (Lipinski definition) is 1. The second-order valence-corrected chi connectivity index (χ2v) is 5.39. The molecule has 1 aliphatic heterocycles. The van der Waals surface area contributed by atoms with Gasteiger partial charge in [-0.1, -0.05) is 19.1 Å². The average molecular weight is 343 g/mol. The van der Waals surface area contributed by atoms with Crippen LogP contribution in [0.1, 0.15) is 31.7 Å². The lowest BCUT2D eigenvalue weighted by Crippen LogP contribution is -2.41. The molecule has 0 aromatic heterocycles. The largest absolute Gasteiger partial charge is 0.463 e. The van der Waals surface area contributed by atoms with E-state index < -0.39 is 28.6 Å². The van der Waals surface area contributed by atoms with Gasteiger partial charge in [0.1, 0.15) is 5.92 Å². The van der Waals surface area contributed by atoms with E-state index in [9.17, 15) is 25.0 Å². The van der Waals surface area contributed by atoms with Crippen LogP contribution >= 0.6 is 0 Å². The van der Waals surface area contributed by atoms with E-state index in [1.54, 1.807) is 19.9 Å². The Morgan fingerprint density at radius 2 is 2.16 bits per heavy atom. The monoisotopic (exact) mass is 343 g/mol. The van der Waals surface area contributed by atoms with Crippen molar-refractivity contribution in [2.45, 2.75) is 26.2 Å². The summed E-state index contributed by atoms with van der Waals surface area (Å²) in [5, 5.41) is 23.1. The Morgan fingerprint density at radius 3 is 2.72 bits per heavy atom. The van der Waals surface area contributed by atoms with Gasteiger partial charge in [-0.15, -0.1) is 0 Å². The van der Waals surface area contributed by atoms with E-state index in [0.717, 1.165) is 0 Å². The third-order valence-electron chi connectivity index (χ3n) is 3.95. The fourth-order valence-electron chi connectivity index (χ4n) is 2.86. The highest BCUT2D eigenvalue weighted by atomic mass is 16.6. The predicted octanol–water partition coefficient (Wildman–Crippen LogP) is 2.18. The molecule has 1 aromatic rings. The van der Waals surface area contributed by atoms with E-state index in [1.165, 1.54) is 18.2 Å². The second-order valence-electron chi connectivity index (χ2n) is 5.39. The summed E-state index contributed by atoms with van der Waals surface area (Å²) >= 11 is 0. The first-order chi connectivity index (χ1) is 11.9. The number of allylic oxidation sites excluding steroid dienone is 1. The molecule has 2 unspecified atom stereocenters. The van der Waals surface area contributed by atoms with Crippen LogP contribution in [-0.4, -0.2) is 23.4 Å². The first-order valence-electron chi connectivity index (χ1n) is 7.79. The number of amides is 1. The Hall–Kier alpha value is -3.21. The molecule has 0 fully saturated rings. The Kier molecular flexibility index (Phi) is 5.49. The molecule has 1 aliphatic rings. The molecule has 25 heavy (non-hydrogen) atoms. The molecule has 0 radical (unpaired) electrons. The van der Waals surface area contributed by atoms with Crippen molar-refractivity contribution in [3.05, 3.63) is 51.2 Å². The molecule has 130 valence electrons. The van der Waals surface area contributed by atoms with Gasteiger partial charge in [-0.25, -0.2) is 4.79 Å². The smallest absolute Gasteiger partial charge is 0.336 e. The zero-order chi connectivity index (χ0) is 18.6. The van der Waals surface area contributed by atoms with Gasteiger partial charge in [0.2, 0.25) is 5.91 Å². The number of carbonyl (C=O) groups excluding carboxylic acids is 2. The van der Waals surface area contributed by atoms with Crippen molar-refractivity contribution in [1.29, 1.82) is 5.26 Å². The maximum absolute atomic E-state index is 12.5. The molecular weight excluding hydrogens is 326 g/mol. The van der Waals surface area contributed by atoms with Gasteiger partial charge >= 0.3 is 5.97 Å². The van der Waals surface area contributed by atoms with Crippen LogP contribution in [-0.2, 0) is 14.3 Å². The number of nitro benzene ring substituents is 1. The maximum Gasteiger partial charge on any atom is 0.336 e. The van der Waals surface area contributed by atoms with E-state index in [4.69, 9.17) is 4.74 Å². The number of nitriles is 1. The van der Waals surface area contributed by atoms with Crippen molar-refractivity contribution >= 4 is 17.6 Å². The van der Waals surface area contributed by atoms with E-state index in [1.807, 2.05) is 6.07 Å². The fraction of sp³-hybridized carbons (Fsp3) is 0.353. The number of ether oxygens (including phenoxy) is 1. The number of nitro groups is 1. The SMILES string of the molecule is CCOC(=O)C1=C(CC)NC(=O)C(C#N)C1c1cccc([N+](=O)[O-])c1. The number of carbonyl (C=O) groups is 2. The highest BCUT2D eigenvalue weighted by Gasteiger charge is 2.42. The van der Waals surface area contributed by atoms with Crippen LogP contribution in [0.2, 0.25) is 0 Å². The summed E-state index contributed by atoms with van der Waals surface area (Å²) in [4.78, 5) is 35.2. The minimum atomic E-state index is -1.18. The minimum Gasteiger partial charge on any atom is -0.463 e. The third-order valence-corrected chi connectivity index (χ3v) is 3.95. The van der Waals surface area contributed by atoms with Gasteiger partial charge < -0.3 is 10.1 Å². The van der Waals surface area contributed by atoms with E-state index in [-0.39, 0.29) is 17.9 Å². The number of hydrogen-bond acceptors (Lipinski definition) is 6. The van der Waals surface area contributed by atoms with Crippen LogP contribution in [0, 0.1) is 27.4 Å². The van der Waals surface area contributed by atoms with Crippen molar-refractivity contribution in [3.63, 3.8) is 0 Å². The van der Waals surface area contributed by atoms with Crippen LogP contribution in [0.15, 0.2) is 35.5 Å². The number of non-ortho nitro benzene ring substituents is 1. The van der Waals surface area contributed by atoms with Crippen LogP contribution in [0.5, 0.6) is 0 Å². The van der Waals surface area contributed by atoms with E-state index >= 15 is 0 Å². The zero-order valence-electron chi connectivity index (χ0n) is 13.8. The van der Waals surface area contributed by atoms with Crippen molar-refractivity contribution in [2.24, 2.45) is 5.92 Å². The molecule has 1 aromatic carbocycles. The minimum absolute atomic E-state index is 0.131. The Labute approximate surface area is 144 Å². The summed E-state index contributed by atoms with van der Waals surface area (Å²) in [6.07, 6.45) is 0.351. The van der Waals surface area contributed by atoms with Gasteiger partial charge in [0.05, 0.1) is 23.2 Å². The van der Waals surface area contributed by atoms with Crippen LogP contribution < -0.4 is 5.32 Å². The van der Waals surface area contributed by atoms with E-state index in [0.29, 0.717) is 17.7 Å². The van der Waals surface area contributed by atoms with Crippen LogP contribution in [0.3, 0.4) is 0 Å². The van der Waals surface area contributed by atoms with Gasteiger partial charge in [-0.2, -0.15) is 5.26 Å². The van der Waals surface area contributed by atoms with Gasteiger partial charge in [0, 0.05) is 23.7 Å². The summed E-state index contributed by atoms with van der Waals surface area (Å²) in [7, 11) is 0. The lowest BCUT2D eigenvalue weighted by Gasteiger charge is -2.30. The van der Waals surface area contributed by atoms with Crippen molar-refractivity contribution in [1.82, 2.24) is 5.32 Å². The lowest BCUT2D eigenvalue weighted by atomic mass is 9.77. The molecule has 0 aliphatic carbocycles. The molecule has 2 rings (SSSR count). The summed E-state index contributed by atoms with van der Waals surface area (Å²) in [6.45, 7) is 3.54. The van der Waals surface area contributed by atoms with Crippen molar-refractivity contribution in [3.8, 4) is 6.07 Å². The van der Waals surface area contributed by atoms with Gasteiger partial charge in [0.15, 0.2) is 0 Å². The number of nitrogens with zero attached hydrogens (tertiary/aromatic N) is 2. The molecular formula is C17H17N3O5. The molecule has 1 heterocycles. The molecule has 0 saturated carbocycles. The molecule has 1 amide bonds. The summed E-state index contributed by atoms with van der Waals surface area (Å²) in [5.74, 6) is -3.29. The molecule has 2 atom stereocenters. The van der Waals surface area contributed by atoms with Crippen LogP contribution in [0.4, 0.5) is 5.69 Å². The number of benzene rings is 1. The topological polar surface area (TPSA) is 122 Å². The molecule has 8 heteroatoms. The lowest BCUT2D eigenvalue weighted by molar-refractivity contribution is -0.384. The molecule has 0 saturated heterocycles. The summed E-state index contributed by atoms with van der Waals surface area (Å²) in [5.41, 5.74) is 0.702. The number of esters is 1. The number of rotatable bonds is 5. The van der Waals surface area contributed by atoms with E-state index in [2.05, 4.69) is 5.32 Å². The molecule has 1 N–H and O–H groups in total. The van der Waals surface area contributed by atoms with Crippen molar-refractivity contribution < 1.29 is 19.2 Å². The average Bonchev–Trinajstić information content (AvgIpc) is 2.60. The van der Waals surface area contributed by atoms with Gasteiger partial charge in [0.25, 0.3) is 5.69 Å². The van der Waals surface area contributed by atoms with Crippen LogP contribution in [0.25, 0.3) is 0 Å². The molecule has 0 spiro atoms. The Balaban J connectivity index is 2.67. The third kappa shape index (κ3) is 3.50. The second kappa shape index (κ2) is 7.57. The van der Waals surface area contributed by atoms with Gasteiger partial charge in [-0.05, 0) is 18.9 Å². The standard InChI is InChI=1S/C17H17N3O5/c1-3-13-15(17(22)25-4-2)14(12(9-18)16(21)19-13)10-6-5-7-11(8-10)20(23)24/h5-8,12,14H,3-4H2,1-2H3,(H,19,21). The Bertz CT molecular complexity index is 794. The molecule has 8 nitrogen and oxygen atoms in total. The predicted molar refractivity (Wildman–Crippen MR) is 87.0 cm³/mol. The van der Waals surface area contributed by atoms with Crippen molar-refractivity contribution in [2.75, 3.05) is 6.61 Å². The zero-order valence-corrected chi connectivity index (χ0v) is 13.8. The van der Waals surface area contributed by atoms with Gasteiger partial charge in [-0.3, -0.25) is 14.9 Å². The first kappa shape index (κ1) is 18.1. The molecule has 0 bridgehead atoms. The maximum atomic E-state index is 12.5. The summed E-state index contributed by atoms with van der Waals surface area (Å²) < 4.78 is 5.08. The quantitative estimate of drug-likeness (QED) is 0.496. The summed E-state index contributed by atoms with van der Waals surface area (Å²) in [6, 6.07) is 7.51. The first-order valence-corrected chi connectivity index (χ1v) is 7.79. The Morgan fingerprint density at radius 1 is 1.44 bits per heavy atom. The fourth-order valence-corrected chi connectivity index (χ4v) is 2.86. The highest BCUT2D eigenvalue weighted by Crippen LogP contribution is 2.39. The highest BCUT2D eigenvalue weighted by molar-refractivity contribution is 5.97. The normalized spacial score (nSPS) is 19.8. The number of nitrogens with one attached hydrogen (secondary N) is 1.